The fourth-order valence-corrected chi connectivity index (χ4v) is 9.47. The molecule has 0 amide bonds. The van der Waals surface area contributed by atoms with Crippen LogP contribution in [0.2, 0.25) is 0 Å². The molecule has 0 N–H and O–H groups in total. The molecule has 0 aromatic heterocycles. The van der Waals surface area contributed by atoms with Gasteiger partial charge < -0.3 is 4.90 Å². The molecule has 40 heavy (non-hydrogen) atoms. The van der Waals surface area contributed by atoms with Crippen LogP contribution in [0.25, 0.3) is 0 Å². The van der Waals surface area contributed by atoms with Gasteiger partial charge in [0.05, 0.1) is 17.3 Å². The van der Waals surface area contributed by atoms with Gasteiger partial charge in [0, 0.05) is 37.6 Å². The van der Waals surface area contributed by atoms with Crippen molar-refractivity contribution >= 4 is 0 Å². The molecular formula is C37H45N3. The van der Waals surface area contributed by atoms with Crippen molar-refractivity contribution in [2.75, 3.05) is 13.6 Å². The van der Waals surface area contributed by atoms with Gasteiger partial charge in [0.25, 0.3) is 0 Å². The minimum atomic E-state index is 0.487. The Balaban J connectivity index is 1.18. The van der Waals surface area contributed by atoms with Gasteiger partial charge in [-0.25, -0.2) is 0 Å². The van der Waals surface area contributed by atoms with Gasteiger partial charge >= 0.3 is 0 Å². The Kier molecular flexibility index (Phi) is 7.31. The van der Waals surface area contributed by atoms with Crippen LogP contribution in [0.1, 0.15) is 64.2 Å². The smallest absolute Gasteiger partial charge is 0.0969 e. The lowest BCUT2D eigenvalue weighted by Crippen LogP contribution is -2.51. The van der Waals surface area contributed by atoms with E-state index >= 15 is 0 Å². The van der Waals surface area contributed by atoms with Gasteiger partial charge in [0.1, 0.15) is 0 Å². The predicted octanol–water partition coefficient (Wildman–Crippen LogP) is 7.81. The van der Waals surface area contributed by atoms with E-state index in [0.717, 1.165) is 43.2 Å². The summed E-state index contributed by atoms with van der Waals surface area (Å²) in [6.07, 6.45) is 41.2. The van der Waals surface area contributed by atoms with Crippen LogP contribution in [0.4, 0.5) is 0 Å². The first-order valence-corrected chi connectivity index (χ1v) is 16.1. The van der Waals surface area contributed by atoms with Gasteiger partial charge in [-0.15, -0.1) is 0 Å². The third kappa shape index (κ3) is 4.63. The SMILES string of the molecule is CN1CCCC(C#N)=C1C1=CC(C2C=CCCC2N2[C@@H]3C=CC=CC3C3CC(C4=CC=CCC4)CC[C@@H]32)CC=C1. The summed E-state index contributed by atoms with van der Waals surface area (Å²) < 4.78 is 0. The molecule has 8 atom stereocenters. The summed E-state index contributed by atoms with van der Waals surface area (Å²) >= 11 is 0. The Labute approximate surface area is 241 Å². The van der Waals surface area contributed by atoms with Crippen molar-refractivity contribution in [2.45, 2.75) is 82.3 Å². The molecule has 2 fully saturated rings. The topological polar surface area (TPSA) is 30.3 Å². The maximum absolute atomic E-state index is 9.91. The number of nitrogens with zero attached hydrogens (tertiary/aromatic N) is 3. The first kappa shape index (κ1) is 26.1. The summed E-state index contributed by atoms with van der Waals surface area (Å²) in [5, 5.41) is 9.91. The molecule has 0 radical (unpaired) electrons. The predicted molar refractivity (Wildman–Crippen MR) is 164 cm³/mol. The van der Waals surface area contributed by atoms with Crippen molar-refractivity contribution in [3.05, 3.63) is 95.3 Å². The van der Waals surface area contributed by atoms with Crippen molar-refractivity contribution in [1.29, 1.82) is 5.26 Å². The van der Waals surface area contributed by atoms with E-state index in [1.165, 1.54) is 56.2 Å². The number of fused-ring (bicyclic) bond motifs is 3. The summed E-state index contributed by atoms with van der Waals surface area (Å²) in [5.41, 5.74) is 5.14. The number of rotatable bonds is 4. The van der Waals surface area contributed by atoms with E-state index in [-0.39, 0.29) is 0 Å². The molecule has 0 spiro atoms. The lowest BCUT2D eigenvalue weighted by molar-refractivity contribution is 0.0621. The molecule has 6 unspecified atom stereocenters. The largest absolute Gasteiger partial charge is 0.373 e. The van der Waals surface area contributed by atoms with Crippen LogP contribution < -0.4 is 0 Å². The molecule has 0 bridgehead atoms. The van der Waals surface area contributed by atoms with Crippen molar-refractivity contribution < 1.29 is 0 Å². The van der Waals surface area contributed by atoms with Crippen LogP contribution in [-0.4, -0.2) is 41.5 Å². The van der Waals surface area contributed by atoms with Gasteiger partial charge in [0.2, 0.25) is 0 Å². The van der Waals surface area contributed by atoms with E-state index in [2.05, 4.69) is 95.8 Å². The van der Waals surface area contributed by atoms with E-state index in [4.69, 9.17) is 0 Å². The molecule has 3 nitrogen and oxygen atoms in total. The van der Waals surface area contributed by atoms with Crippen LogP contribution in [0, 0.1) is 40.9 Å². The van der Waals surface area contributed by atoms with Gasteiger partial charge in [-0.3, -0.25) is 4.90 Å². The fourth-order valence-electron chi connectivity index (χ4n) is 9.47. The number of allylic oxidation sites excluding steroid dienone is 11. The number of likely N-dealkylation sites (N-methyl/N-ethyl adjacent to an activating group) is 1. The molecule has 0 aromatic carbocycles. The van der Waals surface area contributed by atoms with Crippen molar-refractivity contribution in [1.82, 2.24) is 9.80 Å². The molecule has 7 aliphatic rings. The zero-order chi connectivity index (χ0) is 27.1. The number of hydrogen-bond acceptors (Lipinski definition) is 3. The van der Waals surface area contributed by atoms with Crippen molar-refractivity contribution in [3.63, 3.8) is 0 Å². The summed E-state index contributed by atoms with van der Waals surface area (Å²) in [6.45, 7) is 1.04. The van der Waals surface area contributed by atoms with Crippen molar-refractivity contribution in [2.24, 2.45) is 29.6 Å². The molecule has 1 saturated carbocycles. The standard InChI is InChI=1S/C37H45N3/c1-39-22-10-15-30(25-38)37(39)29-14-9-13-28(23-29)31-16-5-7-18-34(31)40-35-19-8-6-17-32(35)33-24-27(20-21-36(33)40)26-11-3-2-4-12-26/h2-3,5-6,8-9,11,14,16-17,19,23,27-28,31-36H,4,7,10,12-13,15,18,20-22,24H2,1H3/t27?,28?,31?,32?,33?,34?,35-,36+/m1/s1. The highest BCUT2D eigenvalue weighted by Crippen LogP contribution is 2.52. The lowest BCUT2D eigenvalue weighted by Gasteiger charge is -2.46. The maximum atomic E-state index is 9.91. The quantitative estimate of drug-likeness (QED) is 0.347. The number of likely N-dealkylation sites (tertiary alicyclic amines) is 1. The normalized spacial score (nSPS) is 39.0. The Morgan fingerprint density at radius 2 is 1.82 bits per heavy atom. The molecule has 208 valence electrons. The minimum Gasteiger partial charge on any atom is -0.373 e. The summed E-state index contributed by atoms with van der Waals surface area (Å²) in [4.78, 5) is 5.35. The highest BCUT2D eigenvalue weighted by Gasteiger charge is 2.53. The van der Waals surface area contributed by atoms with E-state index in [1.54, 1.807) is 5.57 Å². The van der Waals surface area contributed by atoms with Crippen LogP contribution in [0.5, 0.6) is 0 Å². The van der Waals surface area contributed by atoms with Crippen LogP contribution in [-0.2, 0) is 0 Å². The Morgan fingerprint density at radius 1 is 0.900 bits per heavy atom. The van der Waals surface area contributed by atoms with Gasteiger partial charge in [0.15, 0.2) is 0 Å². The Morgan fingerprint density at radius 3 is 2.70 bits per heavy atom. The number of hydrogen-bond donors (Lipinski definition) is 0. The van der Waals surface area contributed by atoms with Crippen LogP contribution >= 0.6 is 0 Å². The second-order valence-corrected chi connectivity index (χ2v) is 13.3. The fraction of sp³-hybridized carbons (Fsp3) is 0.541. The third-order valence-corrected chi connectivity index (χ3v) is 11.2. The minimum absolute atomic E-state index is 0.487. The van der Waals surface area contributed by atoms with Crippen molar-refractivity contribution in [3.8, 4) is 6.07 Å². The molecule has 2 heterocycles. The van der Waals surface area contributed by atoms with Gasteiger partial charge in [-0.2, -0.15) is 5.26 Å². The zero-order valence-corrected chi connectivity index (χ0v) is 24.2. The van der Waals surface area contributed by atoms with E-state index < -0.39 is 0 Å². The average molecular weight is 532 g/mol. The molecule has 0 aromatic rings. The van der Waals surface area contributed by atoms with E-state index in [9.17, 15) is 5.26 Å². The highest BCUT2D eigenvalue weighted by atomic mass is 15.3. The Hall–Kier alpha value is -2.83. The lowest BCUT2D eigenvalue weighted by atomic mass is 9.69. The monoisotopic (exact) mass is 531 g/mol. The number of nitriles is 1. The second kappa shape index (κ2) is 11.2. The van der Waals surface area contributed by atoms with Gasteiger partial charge in [-0.1, -0.05) is 78.5 Å². The second-order valence-electron chi connectivity index (χ2n) is 13.3. The molecule has 3 heteroatoms. The first-order valence-electron chi connectivity index (χ1n) is 16.1. The van der Waals surface area contributed by atoms with Gasteiger partial charge in [-0.05, 0) is 93.5 Å². The van der Waals surface area contributed by atoms with Crippen LogP contribution in [0.15, 0.2) is 95.3 Å². The molecule has 7 rings (SSSR count). The third-order valence-electron chi connectivity index (χ3n) is 11.2. The molecule has 1 saturated heterocycles. The highest BCUT2D eigenvalue weighted by molar-refractivity contribution is 5.48. The summed E-state index contributed by atoms with van der Waals surface area (Å²) in [6, 6.07) is 4.35. The Bertz CT molecular complexity index is 1280. The summed E-state index contributed by atoms with van der Waals surface area (Å²) in [7, 11) is 2.16. The van der Waals surface area contributed by atoms with E-state index in [0.29, 0.717) is 35.9 Å². The molecule has 2 aliphatic heterocycles. The first-order chi connectivity index (χ1) is 19.7. The van der Waals surface area contributed by atoms with Crippen LogP contribution in [0.3, 0.4) is 0 Å². The molecular weight excluding hydrogens is 486 g/mol. The summed E-state index contributed by atoms with van der Waals surface area (Å²) in [5.74, 6) is 3.20. The van der Waals surface area contributed by atoms with E-state index in [1.807, 2.05) is 0 Å². The molecule has 5 aliphatic carbocycles. The maximum Gasteiger partial charge on any atom is 0.0969 e. The zero-order valence-electron chi connectivity index (χ0n) is 24.2. The average Bonchev–Trinajstić information content (AvgIpc) is 3.35.